The van der Waals surface area contributed by atoms with Crippen LogP contribution in [0.25, 0.3) is 0 Å². The fraction of sp³-hybridized carbons (Fsp3) is 0.588. The van der Waals surface area contributed by atoms with Crippen LogP contribution < -0.4 is 0 Å². The third-order valence-corrected chi connectivity index (χ3v) is 5.04. The molecule has 0 amide bonds. The van der Waals surface area contributed by atoms with Gasteiger partial charge in [-0.2, -0.15) is 0 Å². The number of ketones is 1. The van der Waals surface area contributed by atoms with Gasteiger partial charge in [0.25, 0.3) is 0 Å². The van der Waals surface area contributed by atoms with Crippen LogP contribution in [0.15, 0.2) is 28.7 Å². The Morgan fingerprint density at radius 3 is 2.65 bits per heavy atom. The number of carbonyl (C=O) groups is 1. The predicted octanol–water partition coefficient (Wildman–Crippen LogP) is 4.53. The van der Waals surface area contributed by atoms with E-state index in [0.29, 0.717) is 0 Å². The molecule has 0 aliphatic carbocycles. The van der Waals surface area contributed by atoms with E-state index >= 15 is 0 Å². The van der Waals surface area contributed by atoms with Crippen molar-refractivity contribution in [1.82, 2.24) is 4.90 Å². The minimum Gasteiger partial charge on any atom is -0.293 e. The number of hydrogen-bond acceptors (Lipinski definition) is 2. The predicted molar refractivity (Wildman–Crippen MR) is 87.1 cm³/mol. The molecule has 2 rings (SSSR count). The van der Waals surface area contributed by atoms with Crippen LogP contribution in [0.1, 0.15) is 49.9 Å². The third-order valence-electron chi connectivity index (χ3n) is 4.52. The molecule has 0 aromatic heterocycles. The van der Waals surface area contributed by atoms with Gasteiger partial charge in [-0.3, -0.25) is 9.69 Å². The first kappa shape index (κ1) is 15.7. The van der Waals surface area contributed by atoms with Gasteiger partial charge in [-0.05, 0) is 57.3 Å². The lowest BCUT2D eigenvalue weighted by Crippen LogP contribution is -2.39. The molecule has 0 radical (unpaired) electrons. The van der Waals surface area contributed by atoms with Gasteiger partial charge >= 0.3 is 0 Å². The molecule has 1 heterocycles. The summed E-state index contributed by atoms with van der Waals surface area (Å²) < 4.78 is 1.02. The van der Waals surface area contributed by atoms with E-state index in [1.807, 2.05) is 24.3 Å². The van der Waals surface area contributed by atoms with Gasteiger partial charge in [0.1, 0.15) is 0 Å². The molecule has 1 aromatic carbocycles. The van der Waals surface area contributed by atoms with Crippen molar-refractivity contribution in [1.29, 1.82) is 0 Å². The number of rotatable bonds is 4. The van der Waals surface area contributed by atoms with E-state index in [9.17, 15) is 4.79 Å². The standard InChI is InChI=1S/C17H24BrNO/c1-3-14-5-4-11-19(12-10-14)13(2)17(20)15-6-8-16(18)9-7-15/h6-9,13-14H,3-5,10-12H2,1-2H3. The molecule has 0 N–H and O–H groups in total. The highest BCUT2D eigenvalue weighted by molar-refractivity contribution is 9.10. The fourth-order valence-electron chi connectivity index (χ4n) is 3.00. The highest BCUT2D eigenvalue weighted by Crippen LogP contribution is 2.22. The molecule has 2 atom stereocenters. The summed E-state index contributed by atoms with van der Waals surface area (Å²) in [5, 5.41) is 0. The summed E-state index contributed by atoms with van der Waals surface area (Å²) in [5.74, 6) is 1.09. The van der Waals surface area contributed by atoms with Gasteiger partial charge in [0.15, 0.2) is 5.78 Å². The van der Waals surface area contributed by atoms with Crippen molar-refractivity contribution in [3.63, 3.8) is 0 Å². The summed E-state index contributed by atoms with van der Waals surface area (Å²) >= 11 is 3.41. The van der Waals surface area contributed by atoms with E-state index in [2.05, 4.69) is 34.7 Å². The highest BCUT2D eigenvalue weighted by atomic mass is 79.9. The zero-order valence-electron chi connectivity index (χ0n) is 12.4. The molecule has 110 valence electrons. The molecular weight excluding hydrogens is 314 g/mol. The Hall–Kier alpha value is -0.670. The second-order valence-electron chi connectivity index (χ2n) is 5.79. The van der Waals surface area contributed by atoms with Crippen LogP contribution >= 0.6 is 15.9 Å². The fourth-order valence-corrected chi connectivity index (χ4v) is 3.27. The van der Waals surface area contributed by atoms with Crippen LogP contribution in [0.2, 0.25) is 0 Å². The average Bonchev–Trinajstić information content (AvgIpc) is 2.72. The smallest absolute Gasteiger partial charge is 0.179 e. The molecule has 2 unspecified atom stereocenters. The summed E-state index contributed by atoms with van der Waals surface area (Å²) in [4.78, 5) is 14.9. The van der Waals surface area contributed by atoms with E-state index in [1.54, 1.807) is 0 Å². The zero-order chi connectivity index (χ0) is 14.5. The third kappa shape index (κ3) is 3.92. The molecule has 3 heteroatoms. The molecule has 0 spiro atoms. The average molecular weight is 338 g/mol. The van der Waals surface area contributed by atoms with Crippen molar-refractivity contribution in [2.75, 3.05) is 13.1 Å². The Morgan fingerprint density at radius 1 is 1.30 bits per heavy atom. The van der Waals surface area contributed by atoms with Crippen molar-refractivity contribution in [2.45, 2.75) is 45.6 Å². The van der Waals surface area contributed by atoms with E-state index in [1.165, 1.54) is 25.7 Å². The first-order chi connectivity index (χ1) is 9.61. The maximum absolute atomic E-state index is 12.6. The van der Waals surface area contributed by atoms with E-state index in [0.717, 1.165) is 29.0 Å². The number of nitrogens with zero attached hydrogens (tertiary/aromatic N) is 1. The zero-order valence-corrected chi connectivity index (χ0v) is 14.0. The number of halogens is 1. The Balaban J connectivity index is 2.01. The van der Waals surface area contributed by atoms with Gasteiger partial charge in [0.05, 0.1) is 6.04 Å². The van der Waals surface area contributed by atoms with E-state index < -0.39 is 0 Å². The number of Topliss-reactive ketones (excluding diaryl/α,β-unsaturated/α-hetero) is 1. The highest BCUT2D eigenvalue weighted by Gasteiger charge is 2.25. The van der Waals surface area contributed by atoms with Crippen molar-refractivity contribution < 1.29 is 4.79 Å². The Bertz CT molecular complexity index is 443. The minimum absolute atomic E-state index is 0.00761. The molecule has 1 saturated heterocycles. The number of hydrogen-bond donors (Lipinski definition) is 0. The quantitative estimate of drug-likeness (QED) is 0.752. The van der Waals surface area contributed by atoms with Crippen molar-refractivity contribution in [3.8, 4) is 0 Å². The molecule has 2 nitrogen and oxygen atoms in total. The maximum Gasteiger partial charge on any atom is 0.179 e. The van der Waals surface area contributed by atoms with E-state index in [-0.39, 0.29) is 11.8 Å². The first-order valence-electron chi connectivity index (χ1n) is 7.65. The summed E-state index contributed by atoms with van der Waals surface area (Å²) in [7, 11) is 0. The normalized spacial score (nSPS) is 22.2. The SMILES string of the molecule is CCC1CCCN(C(C)C(=O)c2ccc(Br)cc2)CC1. The van der Waals surface area contributed by atoms with Gasteiger partial charge in [-0.25, -0.2) is 0 Å². The Labute approximate surface area is 130 Å². The number of carbonyl (C=O) groups excluding carboxylic acids is 1. The maximum atomic E-state index is 12.6. The first-order valence-corrected chi connectivity index (χ1v) is 8.45. The largest absolute Gasteiger partial charge is 0.293 e. The van der Waals surface area contributed by atoms with Gasteiger partial charge in [0, 0.05) is 10.0 Å². The number of benzene rings is 1. The molecule has 1 aromatic rings. The van der Waals surface area contributed by atoms with Crippen molar-refractivity contribution in [3.05, 3.63) is 34.3 Å². The Morgan fingerprint density at radius 2 is 2.00 bits per heavy atom. The summed E-state index contributed by atoms with van der Waals surface area (Å²) in [6.07, 6.45) is 5.03. The van der Waals surface area contributed by atoms with Crippen LogP contribution in [-0.4, -0.2) is 29.8 Å². The lowest BCUT2D eigenvalue weighted by molar-refractivity contribution is 0.0841. The monoisotopic (exact) mass is 337 g/mol. The van der Waals surface area contributed by atoms with Crippen molar-refractivity contribution >= 4 is 21.7 Å². The summed E-state index contributed by atoms with van der Waals surface area (Å²) in [6.45, 7) is 6.44. The lowest BCUT2D eigenvalue weighted by atomic mass is 9.98. The Kier molecular flexibility index (Phi) is 5.79. The summed E-state index contributed by atoms with van der Waals surface area (Å²) in [5.41, 5.74) is 0.817. The number of likely N-dealkylation sites (tertiary alicyclic amines) is 1. The molecule has 1 fully saturated rings. The van der Waals surface area contributed by atoms with Crippen LogP contribution in [0, 0.1) is 5.92 Å². The van der Waals surface area contributed by atoms with Crippen LogP contribution in [-0.2, 0) is 0 Å². The van der Waals surface area contributed by atoms with Gasteiger partial charge < -0.3 is 0 Å². The van der Waals surface area contributed by atoms with Crippen LogP contribution in [0.3, 0.4) is 0 Å². The second kappa shape index (κ2) is 7.37. The van der Waals surface area contributed by atoms with Crippen molar-refractivity contribution in [2.24, 2.45) is 5.92 Å². The molecule has 0 bridgehead atoms. The lowest BCUT2D eigenvalue weighted by Gasteiger charge is -2.26. The summed E-state index contributed by atoms with van der Waals surface area (Å²) in [6, 6.07) is 7.70. The molecule has 20 heavy (non-hydrogen) atoms. The van der Waals surface area contributed by atoms with Gasteiger partial charge in [-0.1, -0.05) is 41.4 Å². The molecule has 1 aliphatic rings. The van der Waals surface area contributed by atoms with Crippen LogP contribution in [0.5, 0.6) is 0 Å². The molecular formula is C17H24BrNO. The van der Waals surface area contributed by atoms with Gasteiger partial charge in [-0.15, -0.1) is 0 Å². The molecule has 0 saturated carbocycles. The van der Waals surface area contributed by atoms with Crippen LogP contribution in [0.4, 0.5) is 0 Å². The second-order valence-corrected chi connectivity index (χ2v) is 6.70. The minimum atomic E-state index is -0.00761. The molecule has 1 aliphatic heterocycles. The topological polar surface area (TPSA) is 20.3 Å². The van der Waals surface area contributed by atoms with Gasteiger partial charge in [0.2, 0.25) is 0 Å². The van der Waals surface area contributed by atoms with E-state index in [4.69, 9.17) is 0 Å².